The maximum atomic E-state index is 11.7. The molecule has 1 amide bonds. The summed E-state index contributed by atoms with van der Waals surface area (Å²) in [7, 11) is 0. The monoisotopic (exact) mass is 283 g/mol. The van der Waals surface area contributed by atoms with Gasteiger partial charge < -0.3 is 11.1 Å². The zero-order valence-electron chi connectivity index (χ0n) is 10.1. The molecule has 0 aromatic carbocycles. The van der Waals surface area contributed by atoms with Crippen molar-refractivity contribution in [3.05, 3.63) is 0 Å². The molecule has 6 heteroatoms. The van der Waals surface area contributed by atoms with Crippen molar-refractivity contribution in [2.45, 2.75) is 37.6 Å². The molecule has 0 atom stereocenters. The average Bonchev–Trinajstić information content (AvgIpc) is 2.31. The quantitative estimate of drug-likeness (QED) is 0.793. The number of hydrogen-bond acceptors (Lipinski definition) is 3. The molecule has 0 spiro atoms. The fourth-order valence-corrected chi connectivity index (χ4v) is 2.88. The minimum absolute atomic E-state index is 0. The predicted octanol–water partition coefficient (Wildman–Crippen LogP) is 0.923. The highest BCUT2D eigenvalue weighted by atomic mass is 35.5. The molecular weight excluding hydrogens is 261 g/mol. The maximum Gasteiger partial charge on any atom is 0.238 e. The Hall–Kier alpha value is -0.0300. The molecule has 102 valence electrons. The lowest BCUT2D eigenvalue weighted by Gasteiger charge is -2.45. The van der Waals surface area contributed by atoms with Crippen LogP contribution in [0.2, 0.25) is 0 Å². The number of carbonyl (C=O) groups is 1. The summed E-state index contributed by atoms with van der Waals surface area (Å²) >= 11 is 0. The van der Waals surface area contributed by atoms with E-state index < -0.39 is 0 Å². The average molecular weight is 284 g/mol. The first-order chi connectivity index (χ1) is 7.26. The Morgan fingerprint density at radius 2 is 1.59 bits per heavy atom. The third-order valence-corrected chi connectivity index (χ3v) is 3.85. The molecule has 2 aliphatic rings. The lowest BCUT2D eigenvalue weighted by molar-refractivity contribution is -0.133. The Bertz CT molecular complexity index is 239. The van der Waals surface area contributed by atoms with Crippen LogP contribution in [0.5, 0.6) is 0 Å². The number of nitrogens with two attached hydrogens (primary N) is 1. The number of rotatable bonds is 2. The molecule has 17 heavy (non-hydrogen) atoms. The van der Waals surface area contributed by atoms with Crippen LogP contribution >= 0.6 is 24.8 Å². The van der Waals surface area contributed by atoms with Crippen molar-refractivity contribution >= 4 is 30.7 Å². The van der Waals surface area contributed by atoms with E-state index in [9.17, 15) is 4.79 Å². The normalized spacial score (nSPS) is 24.2. The standard InChI is InChI=1S/C11H21N3O.2ClH/c12-10(15)11(4-6-13-7-5-11)14-8-2-1-3-9-14;;/h13H,1-9H2,(H2,12,15);2*1H. The van der Waals surface area contributed by atoms with E-state index in [2.05, 4.69) is 10.2 Å². The molecule has 0 aromatic rings. The minimum atomic E-state index is -0.342. The van der Waals surface area contributed by atoms with Crippen molar-refractivity contribution in [1.82, 2.24) is 10.2 Å². The van der Waals surface area contributed by atoms with Gasteiger partial charge >= 0.3 is 0 Å². The number of amides is 1. The van der Waals surface area contributed by atoms with Crippen LogP contribution in [0.3, 0.4) is 0 Å². The maximum absolute atomic E-state index is 11.7. The van der Waals surface area contributed by atoms with Crippen molar-refractivity contribution in [3.63, 3.8) is 0 Å². The molecule has 0 radical (unpaired) electrons. The van der Waals surface area contributed by atoms with E-state index in [1.165, 1.54) is 19.3 Å². The van der Waals surface area contributed by atoms with Crippen LogP contribution < -0.4 is 11.1 Å². The molecule has 0 unspecified atom stereocenters. The second-order valence-corrected chi connectivity index (χ2v) is 4.69. The van der Waals surface area contributed by atoms with E-state index >= 15 is 0 Å². The molecule has 0 saturated carbocycles. The van der Waals surface area contributed by atoms with Gasteiger partial charge in [0.15, 0.2) is 0 Å². The summed E-state index contributed by atoms with van der Waals surface area (Å²) in [6.45, 7) is 3.92. The van der Waals surface area contributed by atoms with E-state index in [4.69, 9.17) is 5.73 Å². The largest absolute Gasteiger partial charge is 0.368 e. The van der Waals surface area contributed by atoms with Gasteiger partial charge in [0.25, 0.3) is 0 Å². The van der Waals surface area contributed by atoms with Gasteiger partial charge in [-0.1, -0.05) is 6.42 Å². The van der Waals surface area contributed by atoms with Crippen molar-refractivity contribution in [2.75, 3.05) is 26.2 Å². The highest BCUT2D eigenvalue weighted by Crippen LogP contribution is 2.28. The lowest BCUT2D eigenvalue weighted by Crippen LogP contribution is -2.62. The fraction of sp³-hybridized carbons (Fsp3) is 0.909. The number of piperidine rings is 2. The lowest BCUT2D eigenvalue weighted by atomic mass is 9.84. The zero-order chi connectivity index (χ0) is 10.7. The van der Waals surface area contributed by atoms with Crippen LogP contribution in [0.25, 0.3) is 0 Å². The second kappa shape index (κ2) is 7.41. The highest BCUT2D eigenvalue weighted by Gasteiger charge is 2.43. The summed E-state index contributed by atoms with van der Waals surface area (Å²) in [5.74, 6) is -0.120. The number of halogens is 2. The highest BCUT2D eigenvalue weighted by molar-refractivity contribution is 5.85. The predicted molar refractivity (Wildman–Crippen MR) is 73.9 cm³/mol. The van der Waals surface area contributed by atoms with Crippen molar-refractivity contribution in [1.29, 1.82) is 0 Å². The Morgan fingerprint density at radius 3 is 2.06 bits per heavy atom. The summed E-state index contributed by atoms with van der Waals surface area (Å²) in [5.41, 5.74) is 5.28. The summed E-state index contributed by atoms with van der Waals surface area (Å²) in [4.78, 5) is 14.1. The van der Waals surface area contributed by atoms with Gasteiger partial charge in [-0.05, 0) is 51.9 Å². The molecule has 2 rings (SSSR count). The first-order valence-corrected chi connectivity index (χ1v) is 6.01. The number of primary amides is 1. The van der Waals surface area contributed by atoms with Crippen molar-refractivity contribution in [3.8, 4) is 0 Å². The van der Waals surface area contributed by atoms with E-state index in [0.29, 0.717) is 0 Å². The molecule has 2 heterocycles. The number of likely N-dealkylation sites (tertiary alicyclic amines) is 1. The first kappa shape index (κ1) is 17.0. The summed E-state index contributed by atoms with van der Waals surface area (Å²) in [6.07, 6.45) is 5.47. The summed E-state index contributed by atoms with van der Waals surface area (Å²) in [6, 6.07) is 0. The van der Waals surface area contributed by atoms with Gasteiger partial charge in [-0.3, -0.25) is 9.69 Å². The Balaban J connectivity index is 0.00000128. The topological polar surface area (TPSA) is 58.4 Å². The number of carbonyl (C=O) groups excluding carboxylic acids is 1. The van der Waals surface area contributed by atoms with Gasteiger partial charge in [0, 0.05) is 0 Å². The third kappa shape index (κ3) is 3.47. The summed E-state index contributed by atoms with van der Waals surface area (Å²) in [5, 5.41) is 3.30. The van der Waals surface area contributed by atoms with Gasteiger partial charge in [0.05, 0.1) is 0 Å². The Morgan fingerprint density at radius 1 is 1.06 bits per heavy atom. The van der Waals surface area contributed by atoms with Crippen LogP contribution in [0, 0.1) is 0 Å². The van der Waals surface area contributed by atoms with Gasteiger partial charge in [-0.2, -0.15) is 0 Å². The van der Waals surface area contributed by atoms with Crippen LogP contribution in [-0.4, -0.2) is 42.5 Å². The number of nitrogens with one attached hydrogen (secondary N) is 1. The molecule has 4 nitrogen and oxygen atoms in total. The molecule has 2 aliphatic heterocycles. The fourth-order valence-electron chi connectivity index (χ4n) is 2.88. The first-order valence-electron chi connectivity index (χ1n) is 6.01. The SMILES string of the molecule is Cl.Cl.NC(=O)C1(N2CCCCC2)CCNCC1. The zero-order valence-corrected chi connectivity index (χ0v) is 11.7. The molecule has 2 saturated heterocycles. The van der Waals surface area contributed by atoms with Crippen LogP contribution in [0.1, 0.15) is 32.1 Å². The summed E-state index contributed by atoms with van der Waals surface area (Å²) < 4.78 is 0. The van der Waals surface area contributed by atoms with E-state index in [1.807, 2.05) is 0 Å². The molecule has 0 aliphatic carbocycles. The molecule has 0 bridgehead atoms. The van der Waals surface area contributed by atoms with E-state index in [0.717, 1.165) is 39.0 Å². The Labute approximate surface area is 115 Å². The smallest absolute Gasteiger partial charge is 0.238 e. The molecular formula is C11H23Cl2N3O. The number of nitrogens with zero attached hydrogens (tertiary/aromatic N) is 1. The van der Waals surface area contributed by atoms with Gasteiger partial charge in [-0.15, -0.1) is 24.8 Å². The van der Waals surface area contributed by atoms with Crippen LogP contribution in [-0.2, 0) is 4.79 Å². The molecule has 2 fully saturated rings. The van der Waals surface area contributed by atoms with Crippen LogP contribution in [0.4, 0.5) is 0 Å². The van der Waals surface area contributed by atoms with Crippen molar-refractivity contribution in [2.24, 2.45) is 5.73 Å². The Kier molecular flexibility index (Phi) is 7.40. The van der Waals surface area contributed by atoms with Gasteiger partial charge in [-0.25, -0.2) is 0 Å². The third-order valence-electron chi connectivity index (χ3n) is 3.85. The van der Waals surface area contributed by atoms with E-state index in [-0.39, 0.29) is 36.3 Å². The van der Waals surface area contributed by atoms with E-state index in [1.54, 1.807) is 0 Å². The number of hydrogen-bond donors (Lipinski definition) is 2. The second-order valence-electron chi connectivity index (χ2n) is 4.69. The van der Waals surface area contributed by atoms with Gasteiger partial charge in [0.2, 0.25) is 5.91 Å². The minimum Gasteiger partial charge on any atom is -0.368 e. The molecule has 0 aromatic heterocycles. The van der Waals surface area contributed by atoms with Crippen LogP contribution in [0.15, 0.2) is 0 Å². The van der Waals surface area contributed by atoms with Crippen molar-refractivity contribution < 1.29 is 4.79 Å². The molecule has 3 N–H and O–H groups in total. The van der Waals surface area contributed by atoms with Gasteiger partial charge in [0.1, 0.15) is 5.54 Å².